The minimum atomic E-state index is -0.169. The van der Waals surface area contributed by atoms with Gasteiger partial charge in [0.1, 0.15) is 17.7 Å². The lowest BCUT2D eigenvalue weighted by Crippen LogP contribution is -2.20. The van der Waals surface area contributed by atoms with Gasteiger partial charge in [-0.05, 0) is 42.9 Å². The number of ether oxygens (including phenoxy) is 1. The van der Waals surface area contributed by atoms with Crippen molar-refractivity contribution in [3.63, 3.8) is 0 Å². The zero-order chi connectivity index (χ0) is 13.1. The van der Waals surface area contributed by atoms with Crippen LogP contribution in [-0.2, 0) is 6.42 Å². The van der Waals surface area contributed by atoms with E-state index in [-0.39, 0.29) is 11.9 Å². The third kappa shape index (κ3) is 3.47. The molecule has 1 aromatic rings. The number of hydrogen-bond acceptors (Lipinski definition) is 1. The average molecular weight is 315 g/mol. The second-order valence-corrected chi connectivity index (χ2v) is 6.23. The lowest BCUT2D eigenvalue weighted by molar-refractivity contribution is 0.191. The van der Waals surface area contributed by atoms with Gasteiger partial charge in [0.2, 0.25) is 0 Å². The molecular formula is C15H20BrFO. The van der Waals surface area contributed by atoms with Crippen LogP contribution in [0.5, 0.6) is 5.75 Å². The second kappa shape index (κ2) is 6.05. The molecule has 18 heavy (non-hydrogen) atoms. The molecule has 0 spiro atoms. The van der Waals surface area contributed by atoms with Crippen molar-refractivity contribution in [1.82, 2.24) is 0 Å². The first-order chi connectivity index (χ1) is 8.58. The highest BCUT2D eigenvalue weighted by Crippen LogP contribution is 2.33. The van der Waals surface area contributed by atoms with Gasteiger partial charge >= 0.3 is 0 Å². The molecule has 0 fully saturated rings. The number of rotatable bonds is 5. The van der Waals surface area contributed by atoms with E-state index in [1.54, 1.807) is 12.1 Å². The predicted molar refractivity (Wildman–Crippen MR) is 75.9 cm³/mol. The first-order valence-electron chi connectivity index (χ1n) is 6.59. The highest BCUT2D eigenvalue weighted by Gasteiger charge is 2.26. The van der Waals surface area contributed by atoms with Gasteiger partial charge in [-0.2, -0.15) is 0 Å². The van der Waals surface area contributed by atoms with Crippen molar-refractivity contribution in [3.8, 4) is 5.75 Å². The summed E-state index contributed by atoms with van der Waals surface area (Å²) >= 11 is 3.58. The van der Waals surface area contributed by atoms with E-state index in [4.69, 9.17) is 4.74 Å². The first kappa shape index (κ1) is 13.9. The van der Waals surface area contributed by atoms with E-state index in [0.29, 0.717) is 11.8 Å². The summed E-state index contributed by atoms with van der Waals surface area (Å²) in [6.07, 6.45) is 3.30. The standard InChI is InChI=1S/C15H20BrFO/c1-10(2)5-11(9-16)6-14-8-12-7-13(17)3-4-15(12)18-14/h3-4,7,10-11,14H,5-6,8-9H2,1-2H3. The van der Waals surface area contributed by atoms with Crippen LogP contribution in [0.3, 0.4) is 0 Å². The molecule has 0 aliphatic carbocycles. The molecule has 2 atom stereocenters. The van der Waals surface area contributed by atoms with Crippen LogP contribution in [0.4, 0.5) is 4.39 Å². The number of halogens is 2. The van der Waals surface area contributed by atoms with Crippen LogP contribution >= 0.6 is 15.9 Å². The van der Waals surface area contributed by atoms with Crippen LogP contribution in [0.15, 0.2) is 18.2 Å². The molecule has 0 radical (unpaired) electrons. The summed E-state index contributed by atoms with van der Waals surface area (Å²) < 4.78 is 19.0. The van der Waals surface area contributed by atoms with Crippen LogP contribution in [0, 0.1) is 17.7 Å². The van der Waals surface area contributed by atoms with E-state index >= 15 is 0 Å². The van der Waals surface area contributed by atoms with Crippen molar-refractivity contribution in [2.75, 3.05) is 5.33 Å². The molecule has 2 rings (SSSR count). The lowest BCUT2D eigenvalue weighted by Gasteiger charge is -2.20. The zero-order valence-electron chi connectivity index (χ0n) is 11.0. The van der Waals surface area contributed by atoms with Gasteiger partial charge in [-0.15, -0.1) is 0 Å². The van der Waals surface area contributed by atoms with E-state index < -0.39 is 0 Å². The maximum absolute atomic E-state index is 13.1. The summed E-state index contributed by atoms with van der Waals surface area (Å²) in [4.78, 5) is 0. The minimum Gasteiger partial charge on any atom is -0.490 e. The summed E-state index contributed by atoms with van der Waals surface area (Å²) in [5.74, 6) is 2.03. The smallest absolute Gasteiger partial charge is 0.123 e. The van der Waals surface area contributed by atoms with Gasteiger partial charge < -0.3 is 4.74 Å². The molecular weight excluding hydrogens is 295 g/mol. The molecule has 1 aromatic carbocycles. The molecule has 0 saturated carbocycles. The molecule has 0 aromatic heterocycles. The van der Waals surface area contributed by atoms with Crippen molar-refractivity contribution >= 4 is 15.9 Å². The highest BCUT2D eigenvalue weighted by atomic mass is 79.9. The Morgan fingerprint density at radius 1 is 1.44 bits per heavy atom. The van der Waals surface area contributed by atoms with Gasteiger partial charge in [-0.3, -0.25) is 0 Å². The monoisotopic (exact) mass is 314 g/mol. The topological polar surface area (TPSA) is 9.23 Å². The molecule has 100 valence electrons. The van der Waals surface area contributed by atoms with E-state index in [1.165, 1.54) is 12.5 Å². The van der Waals surface area contributed by atoms with E-state index in [1.807, 2.05) is 0 Å². The van der Waals surface area contributed by atoms with Crippen LogP contribution < -0.4 is 4.74 Å². The van der Waals surface area contributed by atoms with Crippen molar-refractivity contribution in [2.24, 2.45) is 11.8 Å². The lowest BCUT2D eigenvalue weighted by atomic mass is 9.92. The summed E-state index contributed by atoms with van der Waals surface area (Å²) in [6, 6.07) is 4.81. The van der Waals surface area contributed by atoms with Gasteiger partial charge in [0.15, 0.2) is 0 Å². The van der Waals surface area contributed by atoms with E-state index in [2.05, 4.69) is 29.8 Å². The summed E-state index contributed by atoms with van der Waals surface area (Å²) in [6.45, 7) is 4.49. The Hall–Kier alpha value is -0.570. The predicted octanol–water partition coefficient (Wildman–Crippen LogP) is 4.58. The maximum Gasteiger partial charge on any atom is 0.123 e. The van der Waals surface area contributed by atoms with Crippen molar-refractivity contribution in [3.05, 3.63) is 29.6 Å². The number of benzene rings is 1. The largest absolute Gasteiger partial charge is 0.490 e. The second-order valence-electron chi connectivity index (χ2n) is 5.58. The number of fused-ring (bicyclic) bond motifs is 1. The average Bonchev–Trinajstić information content (AvgIpc) is 2.68. The van der Waals surface area contributed by atoms with Gasteiger partial charge in [-0.1, -0.05) is 29.8 Å². The Bertz CT molecular complexity index is 405. The fraction of sp³-hybridized carbons (Fsp3) is 0.600. The summed E-state index contributed by atoms with van der Waals surface area (Å²) in [5.41, 5.74) is 1.01. The van der Waals surface area contributed by atoms with Crippen LogP contribution in [-0.4, -0.2) is 11.4 Å². The SMILES string of the molecule is CC(C)CC(CBr)CC1Cc2cc(F)ccc2O1. The highest BCUT2D eigenvalue weighted by molar-refractivity contribution is 9.09. The van der Waals surface area contributed by atoms with Crippen LogP contribution in [0.2, 0.25) is 0 Å². The molecule has 0 amide bonds. The molecule has 1 nitrogen and oxygen atoms in total. The molecule has 1 heterocycles. The fourth-order valence-electron chi connectivity index (χ4n) is 2.68. The fourth-order valence-corrected chi connectivity index (χ4v) is 3.21. The molecule has 3 heteroatoms. The van der Waals surface area contributed by atoms with Crippen LogP contribution in [0.25, 0.3) is 0 Å². The summed E-state index contributed by atoms with van der Waals surface area (Å²) in [7, 11) is 0. The van der Waals surface area contributed by atoms with E-state index in [0.717, 1.165) is 29.5 Å². The van der Waals surface area contributed by atoms with Crippen molar-refractivity contribution in [1.29, 1.82) is 0 Å². The van der Waals surface area contributed by atoms with Crippen molar-refractivity contribution < 1.29 is 9.13 Å². The van der Waals surface area contributed by atoms with Gasteiger partial charge in [-0.25, -0.2) is 4.39 Å². The Balaban J connectivity index is 1.94. The molecule has 1 aliphatic rings. The third-order valence-electron chi connectivity index (χ3n) is 3.38. The minimum absolute atomic E-state index is 0.169. The number of alkyl halides is 1. The molecule has 0 N–H and O–H groups in total. The van der Waals surface area contributed by atoms with Gasteiger partial charge in [0, 0.05) is 17.3 Å². The van der Waals surface area contributed by atoms with Gasteiger partial charge in [0.05, 0.1) is 0 Å². The normalized spacial score (nSPS) is 19.7. The molecule has 0 bridgehead atoms. The van der Waals surface area contributed by atoms with Crippen LogP contribution in [0.1, 0.15) is 32.3 Å². The number of hydrogen-bond donors (Lipinski definition) is 0. The molecule has 1 aliphatic heterocycles. The third-order valence-corrected chi connectivity index (χ3v) is 4.30. The Morgan fingerprint density at radius 3 is 2.89 bits per heavy atom. The summed E-state index contributed by atoms with van der Waals surface area (Å²) in [5, 5.41) is 1.01. The Kier molecular flexibility index (Phi) is 4.66. The van der Waals surface area contributed by atoms with E-state index in [9.17, 15) is 4.39 Å². The molecule has 0 saturated heterocycles. The first-order valence-corrected chi connectivity index (χ1v) is 7.71. The zero-order valence-corrected chi connectivity index (χ0v) is 12.5. The molecule has 2 unspecified atom stereocenters. The Morgan fingerprint density at radius 2 is 2.22 bits per heavy atom. The van der Waals surface area contributed by atoms with Crippen molar-refractivity contribution in [2.45, 2.75) is 39.2 Å². The quantitative estimate of drug-likeness (QED) is 0.723. The Labute approximate surface area is 117 Å². The van der Waals surface area contributed by atoms with Gasteiger partial charge in [0.25, 0.3) is 0 Å². The maximum atomic E-state index is 13.1.